The number of rotatable bonds is 5. The number of primary amides is 1. The molecular formula is C18H18N4O5. The number of amides is 2. The molecule has 1 saturated heterocycles. The SMILES string of the molecule is NC(=O)c1ccc(NC(=O)c2cc(N3CCOCC3)ccc2[N+](=O)[O-])cc1. The zero-order chi connectivity index (χ0) is 19.4. The lowest BCUT2D eigenvalue weighted by atomic mass is 10.1. The Morgan fingerprint density at radius 2 is 1.78 bits per heavy atom. The molecule has 0 saturated carbocycles. The van der Waals surface area contributed by atoms with Crippen LogP contribution in [-0.4, -0.2) is 43.0 Å². The van der Waals surface area contributed by atoms with E-state index in [9.17, 15) is 19.7 Å². The van der Waals surface area contributed by atoms with Gasteiger partial charge < -0.3 is 20.7 Å². The van der Waals surface area contributed by atoms with Crippen LogP contribution in [0.1, 0.15) is 20.7 Å². The maximum absolute atomic E-state index is 12.6. The number of nitro benzene ring substituents is 1. The smallest absolute Gasteiger partial charge is 0.282 e. The Bertz CT molecular complexity index is 876. The summed E-state index contributed by atoms with van der Waals surface area (Å²) in [6, 6.07) is 10.4. The number of carbonyl (C=O) groups is 2. The number of nitrogens with one attached hydrogen (secondary N) is 1. The van der Waals surface area contributed by atoms with Crippen molar-refractivity contribution in [3.8, 4) is 0 Å². The van der Waals surface area contributed by atoms with E-state index in [0.717, 1.165) is 5.69 Å². The normalized spacial score (nSPS) is 13.9. The average Bonchev–Trinajstić information content (AvgIpc) is 2.68. The molecule has 0 atom stereocenters. The maximum Gasteiger partial charge on any atom is 0.282 e. The molecule has 9 nitrogen and oxygen atoms in total. The maximum atomic E-state index is 12.6. The van der Waals surface area contributed by atoms with Crippen molar-refractivity contribution in [2.45, 2.75) is 0 Å². The minimum Gasteiger partial charge on any atom is -0.378 e. The quantitative estimate of drug-likeness (QED) is 0.610. The third-order valence-electron chi connectivity index (χ3n) is 4.22. The summed E-state index contributed by atoms with van der Waals surface area (Å²) in [5, 5.41) is 13.9. The first-order chi connectivity index (χ1) is 13.0. The minimum absolute atomic E-state index is 0.0389. The summed E-state index contributed by atoms with van der Waals surface area (Å²) in [6.07, 6.45) is 0. The molecule has 2 aromatic rings. The first-order valence-electron chi connectivity index (χ1n) is 8.28. The highest BCUT2D eigenvalue weighted by Gasteiger charge is 2.23. The molecule has 0 radical (unpaired) electrons. The Labute approximate surface area is 154 Å². The second kappa shape index (κ2) is 7.83. The van der Waals surface area contributed by atoms with Crippen molar-refractivity contribution in [2.24, 2.45) is 5.73 Å². The third-order valence-corrected chi connectivity index (χ3v) is 4.22. The monoisotopic (exact) mass is 370 g/mol. The molecule has 0 aromatic heterocycles. The van der Waals surface area contributed by atoms with Crippen LogP contribution in [0.25, 0.3) is 0 Å². The molecule has 3 rings (SSSR count). The minimum atomic E-state index is -0.608. The van der Waals surface area contributed by atoms with Crippen molar-refractivity contribution >= 4 is 28.9 Å². The highest BCUT2D eigenvalue weighted by molar-refractivity contribution is 6.08. The predicted octanol–water partition coefficient (Wildman–Crippen LogP) is 1.78. The van der Waals surface area contributed by atoms with E-state index in [0.29, 0.717) is 37.6 Å². The summed E-state index contributed by atoms with van der Waals surface area (Å²) < 4.78 is 5.30. The van der Waals surface area contributed by atoms with Crippen LogP contribution in [0.3, 0.4) is 0 Å². The summed E-state index contributed by atoms with van der Waals surface area (Å²) in [5.41, 5.74) is 6.28. The van der Waals surface area contributed by atoms with Crippen molar-refractivity contribution in [1.29, 1.82) is 0 Å². The lowest BCUT2D eigenvalue weighted by Gasteiger charge is -2.29. The van der Waals surface area contributed by atoms with Crippen LogP contribution in [-0.2, 0) is 4.74 Å². The van der Waals surface area contributed by atoms with Gasteiger partial charge in [0.15, 0.2) is 0 Å². The van der Waals surface area contributed by atoms with Gasteiger partial charge in [0.1, 0.15) is 5.56 Å². The Kier molecular flexibility index (Phi) is 5.32. The van der Waals surface area contributed by atoms with Crippen molar-refractivity contribution in [2.75, 3.05) is 36.5 Å². The van der Waals surface area contributed by atoms with Crippen molar-refractivity contribution in [1.82, 2.24) is 0 Å². The van der Waals surface area contributed by atoms with Crippen LogP contribution in [0.15, 0.2) is 42.5 Å². The van der Waals surface area contributed by atoms with Crippen LogP contribution < -0.4 is 16.0 Å². The topological polar surface area (TPSA) is 128 Å². The molecule has 1 aliphatic heterocycles. The number of nitro groups is 1. The molecule has 0 bridgehead atoms. The molecule has 1 fully saturated rings. The van der Waals surface area contributed by atoms with E-state index in [4.69, 9.17) is 10.5 Å². The Hall–Kier alpha value is -3.46. The number of hydrogen-bond donors (Lipinski definition) is 2. The molecular weight excluding hydrogens is 352 g/mol. The molecule has 0 aliphatic carbocycles. The van der Waals surface area contributed by atoms with Gasteiger partial charge >= 0.3 is 0 Å². The first-order valence-corrected chi connectivity index (χ1v) is 8.28. The van der Waals surface area contributed by atoms with Crippen molar-refractivity contribution in [3.05, 3.63) is 63.7 Å². The zero-order valence-corrected chi connectivity index (χ0v) is 14.4. The fourth-order valence-electron chi connectivity index (χ4n) is 2.80. The van der Waals surface area contributed by atoms with Gasteiger partial charge in [-0.3, -0.25) is 19.7 Å². The largest absolute Gasteiger partial charge is 0.378 e. The number of nitrogens with zero attached hydrogens (tertiary/aromatic N) is 2. The van der Waals surface area contributed by atoms with Gasteiger partial charge in [0.05, 0.1) is 18.1 Å². The van der Waals surface area contributed by atoms with Crippen LogP contribution in [0.5, 0.6) is 0 Å². The van der Waals surface area contributed by atoms with Crippen LogP contribution in [0.2, 0.25) is 0 Å². The van der Waals surface area contributed by atoms with Gasteiger partial charge in [0.25, 0.3) is 11.6 Å². The van der Waals surface area contributed by atoms with Gasteiger partial charge in [-0.25, -0.2) is 0 Å². The molecule has 2 amide bonds. The number of anilines is 2. The van der Waals surface area contributed by atoms with E-state index in [1.807, 2.05) is 4.90 Å². The van der Waals surface area contributed by atoms with Gasteiger partial charge in [0, 0.05) is 36.1 Å². The molecule has 9 heteroatoms. The third kappa shape index (κ3) is 4.21. The van der Waals surface area contributed by atoms with Gasteiger partial charge in [-0.2, -0.15) is 0 Å². The Morgan fingerprint density at radius 3 is 2.37 bits per heavy atom. The Morgan fingerprint density at radius 1 is 1.11 bits per heavy atom. The number of morpholine rings is 1. The number of benzene rings is 2. The van der Waals surface area contributed by atoms with Crippen LogP contribution in [0.4, 0.5) is 17.1 Å². The fourth-order valence-corrected chi connectivity index (χ4v) is 2.80. The summed E-state index contributed by atoms with van der Waals surface area (Å²) in [5.74, 6) is -1.19. The second-order valence-corrected chi connectivity index (χ2v) is 5.95. The number of carbonyl (C=O) groups excluding carboxylic acids is 2. The average molecular weight is 370 g/mol. The predicted molar refractivity (Wildman–Crippen MR) is 99.0 cm³/mol. The van der Waals surface area contributed by atoms with Gasteiger partial charge in [-0.1, -0.05) is 0 Å². The number of nitrogens with two attached hydrogens (primary N) is 1. The van der Waals surface area contributed by atoms with Gasteiger partial charge in [-0.15, -0.1) is 0 Å². The second-order valence-electron chi connectivity index (χ2n) is 5.95. The van der Waals surface area contributed by atoms with E-state index in [2.05, 4.69) is 5.32 Å². The van der Waals surface area contributed by atoms with Crippen molar-refractivity contribution in [3.63, 3.8) is 0 Å². The summed E-state index contributed by atoms with van der Waals surface area (Å²) in [6.45, 7) is 2.41. The summed E-state index contributed by atoms with van der Waals surface area (Å²) >= 11 is 0. The standard InChI is InChI=1S/C18H18N4O5/c19-17(23)12-1-3-13(4-2-12)20-18(24)15-11-14(5-6-16(15)22(25)26)21-7-9-27-10-8-21/h1-6,11H,7-10H2,(H2,19,23)(H,20,24). The van der Waals surface area contributed by atoms with Gasteiger partial charge in [0.2, 0.25) is 5.91 Å². The highest BCUT2D eigenvalue weighted by Crippen LogP contribution is 2.26. The van der Waals surface area contributed by atoms with E-state index in [1.165, 1.54) is 36.4 Å². The molecule has 0 spiro atoms. The van der Waals surface area contributed by atoms with Crippen LogP contribution in [0, 0.1) is 10.1 Å². The number of hydrogen-bond acceptors (Lipinski definition) is 6. The Balaban J connectivity index is 1.86. The fraction of sp³-hybridized carbons (Fsp3) is 0.222. The molecule has 3 N–H and O–H groups in total. The first kappa shape index (κ1) is 18.3. The molecule has 0 unspecified atom stereocenters. The number of ether oxygens (including phenoxy) is 1. The molecule has 1 aliphatic rings. The lowest BCUT2D eigenvalue weighted by Crippen LogP contribution is -2.36. The molecule has 140 valence electrons. The molecule has 1 heterocycles. The van der Waals surface area contributed by atoms with Crippen molar-refractivity contribution < 1.29 is 19.2 Å². The van der Waals surface area contributed by atoms with E-state index in [-0.39, 0.29) is 11.3 Å². The summed E-state index contributed by atoms with van der Waals surface area (Å²) in [7, 11) is 0. The zero-order valence-electron chi connectivity index (χ0n) is 14.4. The highest BCUT2D eigenvalue weighted by atomic mass is 16.6. The van der Waals surface area contributed by atoms with Crippen LogP contribution >= 0.6 is 0 Å². The van der Waals surface area contributed by atoms with E-state index in [1.54, 1.807) is 6.07 Å². The lowest BCUT2D eigenvalue weighted by molar-refractivity contribution is -0.385. The van der Waals surface area contributed by atoms with Gasteiger partial charge in [-0.05, 0) is 36.4 Å². The molecule has 2 aromatic carbocycles. The summed E-state index contributed by atoms with van der Waals surface area (Å²) in [4.78, 5) is 36.5. The van der Waals surface area contributed by atoms with E-state index >= 15 is 0 Å². The van der Waals surface area contributed by atoms with E-state index < -0.39 is 16.7 Å². The molecule has 27 heavy (non-hydrogen) atoms.